The van der Waals surface area contributed by atoms with E-state index in [0.29, 0.717) is 17.8 Å². The van der Waals surface area contributed by atoms with Crippen molar-refractivity contribution in [2.75, 3.05) is 0 Å². The SMILES string of the molecule is Cc1cc(CC(C)N)nc(-c2ccc(F)c(Cl)c2)n1. The van der Waals surface area contributed by atoms with Crippen LogP contribution in [-0.2, 0) is 6.42 Å². The molecule has 1 atom stereocenters. The van der Waals surface area contributed by atoms with Crippen molar-refractivity contribution in [2.24, 2.45) is 5.73 Å². The molecule has 1 unspecified atom stereocenters. The van der Waals surface area contributed by atoms with Gasteiger partial charge in [0.15, 0.2) is 5.82 Å². The van der Waals surface area contributed by atoms with Crippen LogP contribution < -0.4 is 5.73 Å². The second kappa shape index (κ2) is 5.63. The molecule has 3 nitrogen and oxygen atoms in total. The van der Waals surface area contributed by atoms with Crippen LogP contribution in [0.3, 0.4) is 0 Å². The van der Waals surface area contributed by atoms with E-state index in [4.69, 9.17) is 17.3 Å². The maximum atomic E-state index is 13.2. The number of aryl methyl sites for hydroxylation is 1. The van der Waals surface area contributed by atoms with Gasteiger partial charge < -0.3 is 5.73 Å². The van der Waals surface area contributed by atoms with E-state index in [2.05, 4.69) is 9.97 Å². The van der Waals surface area contributed by atoms with Gasteiger partial charge in [-0.15, -0.1) is 0 Å². The van der Waals surface area contributed by atoms with E-state index in [1.165, 1.54) is 12.1 Å². The summed E-state index contributed by atoms with van der Waals surface area (Å²) in [5.41, 5.74) is 8.19. The molecule has 2 N–H and O–H groups in total. The van der Waals surface area contributed by atoms with Crippen molar-refractivity contribution in [1.29, 1.82) is 0 Å². The third-order valence-corrected chi connectivity index (χ3v) is 2.91. The number of benzene rings is 1. The van der Waals surface area contributed by atoms with Gasteiger partial charge in [-0.1, -0.05) is 11.6 Å². The Hall–Kier alpha value is -1.52. The summed E-state index contributed by atoms with van der Waals surface area (Å²) >= 11 is 5.78. The van der Waals surface area contributed by atoms with Crippen molar-refractivity contribution in [3.8, 4) is 11.4 Å². The quantitative estimate of drug-likeness (QED) is 0.939. The molecule has 0 amide bonds. The van der Waals surface area contributed by atoms with Crippen molar-refractivity contribution in [3.63, 3.8) is 0 Å². The van der Waals surface area contributed by atoms with Gasteiger partial charge in [-0.2, -0.15) is 0 Å². The van der Waals surface area contributed by atoms with Crippen LogP contribution >= 0.6 is 11.6 Å². The lowest BCUT2D eigenvalue weighted by Crippen LogP contribution is -2.19. The molecule has 0 radical (unpaired) electrons. The molecule has 1 aromatic heterocycles. The zero-order valence-corrected chi connectivity index (χ0v) is 11.6. The number of hydrogen-bond acceptors (Lipinski definition) is 3. The average molecular weight is 280 g/mol. The first kappa shape index (κ1) is 13.9. The van der Waals surface area contributed by atoms with E-state index < -0.39 is 5.82 Å². The van der Waals surface area contributed by atoms with Crippen molar-refractivity contribution in [3.05, 3.63) is 46.5 Å². The van der Waals surface area contributed by atoms with Gasteiger partial charge in [0.25, 0.3) is 0 Å². The standard InChI is InChI=1S/C14H15ClFN3/c1-8(17)5-11-6-9(2)18-14(19-11)10-3-4-13(16)12(15)7-10/h3-4,6-8H,5,17H2,1-2H3. The van der Waals surface area contributed by atoms with Crippen LogP contribution in [0.5, 0.6) is 0 Å². The number of rotatable bonds is 3. The van der Waals surface area contributed by atoms with E-state index in [9.17, 15) is 4.39 Å². The highest BCUT2D eigenvalue weighted by atomic mass is 35.5. The number of halogens is 2. The zero-order chi connectivity index (χ0) is 14.0. The van der Waals surface area contributed by atoms with Crippen molar-refractivity contribution < 1.29 is 4.39 Å². The van der Waals surface area contributed by atoms with Crippen molar-refractivity contribution >= 4 is 11.6 Å². The molecule has 0 fully saturated rings. The van der Waals surface area contributed by atoms with Gasteiger partial charge in [0.1, 0.15) is 5.82 Å². The Morgan fingerprint density at radius 3 is 2.68 bits per heavy atom. The summed E-state index contributed by atoms with van der Waals surface area (Å²) in [5.74, 6) is 0.0893. The molecule has 2 rings (SSSR count). The Bertz CT molecular complexity index is 599. The van der Waals surface area contributed by atoms with Gasteiger partial charge in [-0.3, -0.25) is 0 Å². The Labute approximate surface area is 116 Å². The molecule has 0 aliphatic carbocycles. The minimum atomic E-state index is -0.450. The fourth-order valence-electron chi connectivity index (χ4n) is 1.83. The van der Waals surface area contributed by atoms with Crippen molar-refractivity contribution in [1.82, 2.24) is 9.97 Å². The Morgan fingerprint density at radius 2 is 2.05 bits per heavy atom. The average Bonchev–Trinajstić information content (AvgIpc) is 2.31. The third-order valence-electron chi connectivity index (χ3n) is 2.62. The van der Waals surface area contributed by atoms with Gasteiger partial charge in [-0.25, -0.2) is 14.4 Å². The molecule has 2 aromatic rings. The molecular weight excluding hydrogens is 265 g/mol. The molecule has 0 aliphatic rings. The first-order valence-corrected chi connectivity index (χ1v) is 6.39. The molecule has 0 aliphatic heterocycles. The topological polar surface area (TPSA) is 51.8 Å². The molecule has 0 saturated heterocycles. The van der Waals surface area contributed by atoms with Crippen LogP contribution in [0.2, 0.25) is 5.02 Å². The second-order valence-corrected chi connectivity index (χ2v) is 5.04. The maximum absolute atomic E-state index is 13.2. The Kier molecular flexibility index (Phi) is 4.12. The first-order valence-electron chi connectivity index (χ1n) is 6.01. The molecule has 1 heterocycles. The summed E-state index contributed by atoms with van der Waals surface area (Å²) < 4.78 is 13.2. The second-order valence-electron chi connectivity index (χ2n) is 4.63. The lowest BCUT2D eigenvalue weighted by atomic mass is 10.1. The molecule has 19 heavy (non-hydrogen) atoms. The lowest BCUT2D eigenvalue weighted by molar-refractivity contribution is 0.628. The summed E-state index contributed by atoms with van der Waals surface area (Å²) in [5, 5.41) is 0.0661. The third kappa shape index (κ3) is 3.49. The van der Waals surface area contributed by atoms with E-state index >= 15 is 0 Å². The highest BCUT2D eigenvalue weighted by Gasteiger charge is 2.09. The summed E-state index contributed by atoms with van der Waals surface area (Å²) in [6.07, 6.45) is 0.672. The fraction of sp³-hybridized carbons (Fsp3) is 0.286. The highest BCUT2D eigenvalue weighted by molar-refractivity contribution is 6.31. The molecule has 0 spiro atoms. The summed E-state index contributed by atoms with van der Waals surface area (Å²) in [6.45, 7) is 3.81. The first-order chi connectivity index (χ1) is 8.95. The van der Waals surface area contributed by atoms with Crippen molar-refractivity contribution in [2.45, 2.75) is 26.3 Å². The monoisotopic (exact) mass is 279 g/mol. The number of nitrogens with zero attached hydrogens (tertiary/aromatic N) is 2. The zero-order valence-electron chi connectivity index (χ0n) is 10.8. The van der Waals surface area contributed by atoms with E-state index in [-0.39, 0.29) is 11.1 Å². The van der Waals surface area contributed by atoms with Gasteiger partial charge in [-0.05, 0) is 38.1 Å². The van der Waals surface area contributed by atoms with Crippen LogP contribution in [-0.4, -0.2) is 16.0 Å². The van der Waals surface area contributed by atoms with Gasteiger partial charge in [0, 0.05) is 29.4 Å². The van der Waals surface area contributed by atoms with Gasteiger partial charge in [0.05, 0.1) is 5.02 Å². The molecule has 100 valence electrons. The van der Waals surface area contributed by atoms with E-state index in [1.54, 1.807) is 6.07 Å². The van der Waals surface area contributed by atoms with Gasteiger partial charge in [0.2, 0.25) is 0 Å². The molecular formula is C14H15ClFN3. The molecule has 0 bridgehead atoms. The van der Waals surface area contributed by atoms with Crippen LogP contribution in [0.25, 0.3) is 11.4 Å². The lowest BCUT2D eigenvalue weighted by Gasteiger charge is -2.08. The van der Waals surface area contributed by atoms with Crippen LogP contribution in [0, 0.1) is 12.7 Å². The maximum Gasteiger partial charge on any atom is 0.159 e. The van der Waals surface area contributed by atoms with E-state index in [1.807, 2.05) is 19.9 Å². The minimum Gasteiger partial charge on any atom is -0.328 e. The minimum absolute atomic E-state index is 0.0268. The highest BCUT2D eigenvalue weighted by Crippen LogP contribution is 2.23. The number of nitrogens with two attached hydrogens (primary N) is 1. The predicted molar refractivity (Wildman–Crippen MR) is 74.5 cm³/mol. The fourth-order valence-corrected chi connectivity index (χ4v) is 2.01. The number of aromatic nitrogens is 2. The summed E-state index contributed by atoms with van der Waals surface area (Å²) in [4.78, 5) is 8.79. The summed E-state index contributed by atoms with van der Waals surface area (Å²) in [6, 6.07) is 6.39. The normalized spacial score (nSPS) is 12.5. The van der Waals surface area contributed by atoms with E-state index in [0.717, 1.165) is 11.4 Å². The number of hydrogen-bond donors (Lipinski definition) is 1. The Balaban J connectivity index is 2.43. The van der Waals surface area contributed by atoms with Crippen LogP contribution in [0.15, 0.2) is 24.3 Å². The molecule has 0 saturated carbocycles. The predicted octanol–water partition coefficient (Wildman–Crippen LogP) is 3.13. The summed E-state index contributed by atoms with van der Waals surface area (Å²) in [7, 11) is 0. The Morgan fingerprint density at radius 1 is 1.32 bits per heavy atom. The van der Waals surface area contributed by atoms with Crippen LogP contribution in [0.4, 0.5) is 4.39 Å². The largest absolute Gasteiger partial charge is 0.328 e. The molecule has 5 heteroatoms. The van der Waals surface area contributed by atoms with Crippen LogP contribution in [0.1, 0.15) is 18.3 Å². The van der Waals surface area contributed by atoms with Gasteiger partial charge >= 0.3 is 0 Å². The smallest absolute Gasteiger partial charge is 0.159 e. The molecule has 1 aromatic carbocycles.